The molecule has 3 fully saturated rings. The van der Waals surface area contributed by atoms with Crippen LogP contribution >= 0.6 is 0 Å². The molecular weight excluding hydrogens is 244 g/mol. The lowest BCUT2D eigenvalue weighted by Crippen LogP contribution is -2.67. The third-order valence-electron chi connectivity index (χ3n) is 4.95. The van der Waals surface area contributed by atoms with Gasteiger partial charge in [0, 0.05) is 13.2 Å². The molecule has 2 amide bonds. The van der Waals surface area contributed by atoms with E-state index in [1.54, 1.807) is 7.11 Å². The Labute approximate surface area is 113 Å². The first kappa shape index (κ1) is 12.9. The lowest BCUT2D eigenvalue weighted by molar-refractivity contribution is -0.152. The van der Waals surface area contributed by atoms with Crippen molar-refractivity contribution in [2.75, 3.05) is 13.7 Å². The predicted octanol–water partition coefficient (Wildman–Crippen LogP) is 0.825. The maximum Gasteiger partial charge on any atom is 0.249 e. The molecule has 0 radical (unpaired) electrons. The second kappa shape index (κ2) is 4.78. The minimum Gasteiger partial charge on any atom is -0.381 e. The number of carbonyl (C=O) groups excluding carboxylic acids is 2. The van der Waals surface area contributed by atoms with Crippen molar-refractivity contribution in [1.29, 1.82) is 0 Å². The van der Waals surface area contributed by atoms with Gasteiger partial charge in [0.1, 0.15) is 5.54 Å². The van der Waals surface area contributed by atoms with Crippen LogP contribution in [0.2, 0.25) is 0 Å². The van der Waals surface area contributed by atoms with Gasteiger partial charge in [-0.15, -0.1) is 0 Å². The Bertz CT molecular complexity index is 390. The SMILES string of the molecule is COC1CCC(N2CC(=O)NC3(CCCC3)C2=O)C1. The minimum atomic E-state index is -0.583. The molecule has 0 aromatic carbocycles. The van der Waals surface area contributed by atoms with Crippen molar-refractivity contribution in [1.82, 2.24) is 10.2 Å². The molecule has 1 saturated heterocycles. The van der Waals surface area contributed by atoms with Gasteiger partial charge in [0.2, 0.25) is 11.8 Å². The molecule has 2 unspecified atom stereocenters. The van der Waals surface area contributed by atoms with Crippen molar-refractivity contribution >= 4 is 11.8 Å². The Morgan fingerprint density at radius 2 is 2.00 bits per heavy atom. The van der Waals surface area contributed by atoms with E-state index in [9.17, 15) is 9.59 Å². The molecule has 1 spiro atoms. The Morgan fingerprint density at radius 3 is 2.63 bits per heavy atom. The van der Waals surface area contributed by atoms with Crippen LogP contribution in [0, 0.1) is 0 Å². The fourth-order valence-electron chi connectivity index (χ4n) is 3.89. The van der Waals surface area contributed by atoms with E-state index in [0.29, 0.717) is 0 Å². The monoisotopic (exact) mass is 266 g/mol. The van der Waals surface area contributed by atoms with Crippen molar-refractivity contribution in [3.63, 3.8) is 0 Å². The van der Waals surface area contributed by atoms with E-state index in [1.807, 2.05) is 4.90 Å². The zero-order chi connectivity index (χ0) is 13.5. The van der Waals surface area contributed by atoms with Crippen LogP contribution < -0.4 is 5.32 Å². The number of methoxy groups -OCH3 is 1. The third-order valence-corrected chi connectivity index (χ3v) is 4.95. The zero-order valence-corrected chi connectivity index (χ0v) is 11.5. The molecule has 2 saturated carbocycles. The molecular formula is C14H22N2O3. The van der Waals surface area contributed by atoms with Gasteiger partial charge in [-0.25, -0.2) is 0 Å². The largest absolute Gasteiger partial charge is 0.381 e. The Balaban J connectivity index is 1.77. The summed E-state index contributed by atoms with van der Waals surface area (Å²) in [7, 11) is 1.72. The van der Waals surface area contributed by atoms with E-state index in [-0.39, 0.29) is 30.5 Å². The summed E-state index contributed by atoms with van der Waals surface area (Å²) < 4.78 is 5.37. The number of hydrogen-bond acceptors (Lipinski definition) is 3. The van der Waals surface area contributed by atoms with E-state index in [2.05, 4.69) is 5.32 Å². The topological polar surface area (TPSA) is 58.6 Å². The summed E-state index contributed by atoms with van der Waals surface area (Å²) in [6.07, 6.45) is 6.71. The summed E-state index contributed by atoms with van der Waals surface area (Å²) in [5.41, 5.74) is -0.583. The van der Waals surface area contributed by atoms with Gasteiger partial charge in [-0.3, -0.25) is 9.59 Å². The van der Waals surface area contributed by atoms with Crippen LogP contribution in [0.5, 0.6) is 0 Å². The van der Waals surface area contributed by atoms with Crippen LogP contribution in [0.25, 0.3) is 0 Å². The van der Waals surface area contributed by atoms with E-state index in [1.165, 1.54) is 0 Å². The molecule has 19 heavy (non-hydrogen) atoms. The highest BCUT2D eigenvalue weighted by molar-refractivity contribution is 5.98. The molecule has 106 valence electrons. The Hall–Kier alpha value is -1.10. The van der Waals surface area contributed by atoms with Crippen LogP contribution in [0.15, 0.2) is 0 Å². The van der Waals surface area contributed by atoms with Gasteiger partial charge in [-0.1, -0.05) is 12.8 Å². The second-order valence-electron chi connectivity index (χ2n) is 6.10. The zero-order valence-electron chi connectivity index (χ0n) is 11.5. The van der Waals surface area contributed by atoms with E-state index < -0.39 is 5.54 Å². The maximum absolute atomic E-state index is 12.7. The molecule has 2 atom stereocenters. The van der Waals surface area contributed by atoms with Crippen LogP contribution in [-0.2, 0) is 14.3 Å². The molecule has 3 rings (SSSR count). The average Bonchev–Trinajstić information content (AvgIpc) is 3.03. The van der Waals surface area contributed by atoms with E-state index in [0.717, 1.165) is 44.9 Å². The van der Waals surface area contributed by atoms with Gasteiger partial charge in [-0.05, 0) is 32.1 Å². The van der Waals surface area contributed by atoms with Gasteiger partial charge in [0.05, 0.1) is 12.6 Å². The third kappa shape index (κ3) is 2.14. The van der Waals surface area contributed by atoms with Crippen molar-refractivity contribution in [3.8, 4) is 0 Å². The number of nitrogens with one attached hydrogen (secondary N) is 1. The Kier molecular flexibility index (Phi) is 3.25. The predicted molar refractivity (Wildman–Crippen MR) is 69.5 cm³/mol. The molecule has 5 nitrogen and oxygen atoms in total. The summed E-state index contributed by atoms with van der Waals surface area (Å²) in [6.45, 7) is 0.224. The number of carbonyl (C=O) groups is 2. The van der Waals surface area contributed by atoms with Gasteiger partial charge in [-0.2, -0.15) is 0 Å². The molecule has 2 aliphatic carbocycles. The van der Waals surface area contributed by atoms with Crippen LogP contribution in [-0.4, -0.2) is 48.1 Å². The molecule has 1 N–H and O–H groups in total. The first-order valence-electron chi connectivity index (χ1n) is 7.29. The number of amides is 2. The molecule has 0 aromatic rings. The van der Waals surface area contributed by atoms with Gasteiger partial charge in [0.15, 0.2) is 0 Å². The van der Waals surface area contributed by atoms with Crippen LogP contribution in [0.4, 0.5) is 0 Å². The van der Waals surface area contributed by atoms with Crippen molar-refractivity contribution in [2.24, 2.45) is 0 Å². The number of rotatable bonds is 2. The first-order chi connectivity index (χ1) is 9.14. The fraction of sp³-hybridized carbons (Fsp3) is 0.857. The number of hydrogen-bond donors (Lipinski definition) is 1. The van der Waals surface area contributed by atoms with Gasteiger partial charge >= 0.3 is 0 Å². The van der Waals surface area contributed by atoms with Crippen molar-refractivity contribution in [3.05, 3.63) is 0 Å². The molecule has 1 heterocycles. The van der Waals surface area contributed by atoms with Crippen LogP contribution in [0.3, 0.4) is 0 Å². The molecule has 5 heteroatoms. The summed E-state index contributed by atoms with van der Waals surface area (Å²) in [6, 6.07) is 0.181. The summed E-state index contributed by atoms with van der Waals surface area (Å²) in [5, 5.41) is 2.96. The average molecular weight is 266 g/mol. The molecule has 1 aliphatic heterocycles. The first-order valence-corrected chi connectivity index (χ1v) is 7.29. The highest BCUT2D eigenvalue weighted by atomic mass is 16.5. The number of piperazine rings is 1. The molecule has 3 aliphatic rings. The summed E-state index contributed by atoms with van der Waals surface area (Å²) in [5.74, 6) is 0.147. The Morgan fingerprint density at radius 1 is 1.26 bits per heavy atom. The number of ether oxygens (including phenoxy) is 1. The smallest absolute Gasteiger partial charge is 0.249 e. The van der Waals surface area contributed by atoms with E-state index in [4.69, 9.17) is 4.74 Å². The lowest BCUT2D eigenvalue weighted by Gasteiger charge is -2.42. The highest BCUT2D eigenvalue weighted by Gasteiger charge is 2.50. The molecule has 0 bridgehead atoms. The van der Waals surface area contributed by atoms with Crippen molar-refractivity contribution in [2.45, 2.75) is 62.6 Å². The lowest BCUT2D eigenvalue weighted by atomic mass is 9.92. The fourth-order valence-corrected chi connectivity index (χ4v) is 3.89. The second-order valence-corrected chi connectivity index (χ2v) is 6.10. The minimum absolute atomic E-state index is 0.00219. The summed E-state index contributed by atoms with van der Waals surface area (Å²) in [4.78, 5) is 26.5. The highest BCUT2D eigenvalue weighted by Crippen LogP contribution is 2.36. The van der Waals surface area contributed by atoms with Crippen molar-refractivity contribution < 1.29 is 14.3 Å². The number of nitrogens with zero attached hydrogens (tertiary/aromatic N) is 1. The quantitative estimate of drug-likeness (QED) is 0.805. The van der Waals surface area contributed by atoms with Crippen LogP contribution in [0.1, 0.15) is 44.9 Å². The van der Waals surface area contributed by atoms with Gasteiger partial charge in [0.25, 0.3) is 0 Å². The van der Waals surface area contributed by atoms with Gasteiger partial charge < -0.3 is 15.0 Å². The molecule has 0 aromatic heterocycles. The standard InChI is InChI=1S/C14H22N2O3/c1-19-11-5-4-10(8-11)16-9-12(17)15-14(13(16)18)6-2-3-7-14/h10-11H,2-9H2,1H3,(H,15,17). The summed E-state index contributed by atoms with van der Waals surface area (Å²) >= 11 is 0. The maximum atomic E-state index is 12.7. The normalized spacial score (nSPS) is 34.1. The van der Waals surface area contributed by atoms with E-state index >= 15 is 0 Å².